The smallest absolute Gasteiger partial charge is 0.302 e. The topological polar surface area (TPSA) is 226 Å². The molecule has 1 aromatic carbocycles. The van der Waals surface area contributed by atoms with E-state index >= 15 is 0 Å². The number of benzene rings is 1. The number of ether oxygens (including phenoxy) is 9. The van der Waals surface area contributed by atoms with Crippen molar-refractivity contribution in [3.05, 3.63) is 73.2 Å². The molecule has 0 amide bonds. The summed E-state index contributed by atoms with van der Waals surface area (Å²) in [6, 6.07) is 4.27. The molecular weight excluding hydrogens is 823 g/mol. The van der Waals surface area contributed by atoms with Gasteiger partial charge >= 0.3 is 17.9 Å². The molecule has 0 saturated heterocycles. The van der Waals surface area contributed by atoms with Gasteiger partial charge in [0, 0.05) is 57.3 Å². The minimum atomic E-state index is -0.617. The summed E-state index contributed by atoms with van der Waals surface area (Å²) in [7, 11) is 0. The van der Waals surface area contributed by atoms with Crippen LogP contribution in [-0.2, 0) is 57.0 Å². The summed E-state index contributed by atoms with van der Waals surface area (Å²) in [4.78, 5) is 35.3. The van der Waals surface area contributed by atoms with Crippen molar-refractivity contribution in [3.63, 3.8) is 0 Å². The van der Waals surface area contributed by atoms with E-state index in [1.165, 1.54) is 20.8 Å². The molecule has 63 heavy (non-hydrogen) atoms. The van der Waals surface area contributed by atoms with Crippen molar-refractivity contribution in [2.24, 2.45) is 0 Å². The minimum absolute atomic E-state index is 0.0292. The Labute approximate surface area is 362 Å². The zero-order chi connectivity index (χ0) is 44.5. The van der Waals surface area contributed by atoms with Crippen molar-refractivity contribution in [2.45, 2.75) is 96.8 Å². The van der Waals surface area contributed by atoms with Gasteiger partial charge in [-0.15, -0.1) is 15.3 Å². The molecule has 21 heteroatoms. The molecule has 9 atom stereocenters. The zero-order valence-corrected chi connectivity index (χ0v) is 35.8. The Balaban J connectivity index is 1.25. The Morgan fingerprint density at radius 1 is 0.492 bits per heavy atom. The third-order valence-corrected chi connectivity index (χ3v) is 10.1. The van der Waals surface area contributed by atoms with Gasteiger partial charge in [0.15, 0.2) is 18.9 Å². The van der Waals surface area contributed by atoms with E-state index in [0.29, 0.717) is 53.6 Å². The number of rotatable bonds is 18. The Kier molecular flexibility index (Phi) is 15.0. The number of hydrogen-bond donors (Lipinski definition) is 0. The van der Waals surface area contributed by atoms with Gasteiger partial charge in [0.1, 0.15) is 73.3 Å². The van der Waals surface area contributed by atoms with E-state index in [2.05, 4.69) is 30.9 Å². The Hall–Kier alpha value is -5.97. The molecule has 0 saturated carbocycles. The summed E-state index contributed by atoms with van der Waals surface area (Å²) in [5.41, 5.74) is 3.48. The Morgan fingerprint density at radius 2 is 0.778 bits per heavy atom. The van der Waals surface area contributed by atoms with Crippen LogP contribution < -0.4 is 0 Å². The van der Waals surface area contributed by atoms with Crippen molar-refractivity contribution in [3.8, 4) is 33.8 Å². The molecule has 4 aromatic rings. The van der Waals surface area contributed by atoms with Gasteiger partial charge in [-0.2, -0.15) is 0 Å². The summed E-state index contributed by atoms with van der Waals surface area (Å²) in [5.74, 6) is -1.33. The van der Waals surface area contributed by atoms with Gasteiger partial charge in [0.05, 0.1) is 18.6 Å². The lowest BCUT2D eigenvalue weighted by atomic mass is 10.0. The van der Waals surface area contributed by atoms with Gasteiger partial charge in [-0.05, 0) is 57.2 Å². The molecule has 3 aromatic heterocycles. The van der Waals surface area contributed by atoms with Crippen molar-refractivity contribution >= 4 is 17.9 Å². The maximum absolute atomic E-state index is 11.8. The highest BCUT2D eigenvalue weighted by Gasteiger charge is 2.34. The first-order valence-corrected chi connectivity index (χ1v) is 20.7. The molecule has 0 fully saturated rings. The lowest BCUT2D eigenvalue weighted by Gasteiger charge is -2.31. The monoisotopic (exact) mass is 873 g/mol. The molecule has 3 aliphatic rings. The molecule has 21 nitrogen and oxygen atoms in total. The largest absolute Gasteiger partial charge is 0.463 e. The van der Waals surface area contributed by atoms with Crippen LogP contribution in [0.3, 0.4) is 0 Å². The fourth-order valence-electron chi connectivity index (χ4n) is 7.18. The summed E-state index contributed by atoms with van der Waals surface area (Å²) in [6.45, 7) is 10.8. The van der Waals surface area contributed by atoms with Gasteiger partial charge in [-0.25, -0.2) is 14.0 Å². The first-order valence-electron chi connectivity index (χ1n) is 20.7. The zero-order valence-electron chi connectivity index (χ0n) is 35.8. The molecule has 0 unspecified atom stereocenters. The average Bonchev–Trinajstić information content (AvgIpc) is 4.07. The number of aromatic nitrogens is 9. The van der Waals surface area contributed by atoms with Crippen LogP contribution in [0.5, 0.6) is 0 Å². The highest BCUT2D eigenvalue weighted by molar-refractivity contribution is 5.77. The fourth-order valence-corrected chi connectivity index (χ4v) is 7.18. The van der Waals surface area contributed by atoms with Crippen LogP contribution in [0.15, 0.2) is 73.2 Å². The number of nitrogens with zero attached hydrogens (tertiary/aromatic N) is 9. The summed E-state index contributed by atoms with van der Waals surface area (Å²) in [5, 5.41) is 27.1. The predicted octanol–water partition coefficient (Wildman–Crippen LogP) is 3.73. The molecule has 336 valence electrons. The number of carbonyl (C=O) groups excluding carboxylic acids is 3. The highest BCUT2D eigenvalue weighted by Crippen LogP contribution is 2.34. The predicted molar refractivity (Wildman–Crippen MR) is 219 cm³/mol. The second-order valence-electron chi connectivity index (χ2n) is 14.6. The van der Waals surface area contributed by atoms with Crippen LogP contribution >= 0.6 is 0 Å². The lowest BCUT2D eigenvalue weighted by molar-refractivity contribution is -0.177. The number of hydrogen-bond acceptors (Lipinski definition) is 18. The quantitative estimate of drug-likeness (QED) is 0.0788. The normalized spacial score (nSPS) is 25.5. The van der Waals surface area contributed by atoms with E-state index in [9.17, 15) is 14.4 Å². The van der Waals surface area contributed by atoms with Crippen LogP contribution in [0.25, 0.3) is 33.8 Å². The van der Waals surface area contributed by atoms with Gasteiger partial charge < -0.3 is 42.6 Å². The molecule has 0 aliphatic carbocycles. The van der Waals surface area contributed by atoms with Gasteiger partial charge in [-0.3, -0.25) is 14.4 Å². The first-order chi connectivity index (χ1) is 30.5. The van der Waals surface area contributed by atoms with Crippen LogP contribution in [0.2, 0.25) is 0 Å². The molecule has 3 aliphatic heterocycles. The maximum Gasteiger partial charge on any atom is 0.302 e. The maximum atomic E-state index is 11.8. The van der Waals surface area contributed by atoms with E-state index in [1.807, 2.05) is 57.2 Å². The van der Waals surface area contributed by atoms with E-state index in [4.69, 9.17) is 42.6 Å². The van der Waals surface area contributed by atoms with Gasteiger partial charge in [-0.1, -0.05) is 33.9 Å². The second kappa shape index (κ2) is 20.9. The molecule has 0 bridgehead atoms. The lowest BCUT2D eigenvalue weighted by Crippen LogP contribution is -2.38. The van der Waals surface area contributed by atoms with Crippen LogP contribution in [0.1, 0.15) is 59.7 Å². The number of esters is 3. The summed E-state index contributed by atoms with van der Waals surface area (Å²) >= 11 is 0. The Bertz CT molecular complexity index is 2030. The van der Waals surface area contributed by atoms with E-state index < -0.39 is 73.2 Å². The van der Waals surface area contributed by atoms with Crippen molar-refractivity contribution in [2.75, 3.05) is 39.6 Å². The molecule has 6 heterocycles. The van der Waals surface area contributed by atoms with Gasteiger partial charge in [0.2, 0.25) is 0 Å². The standard InChI is InChI=1S/C42H51N9O12/c1-7-55-40-13-10-34(37(61-40)22-58-25(4)52)49-19-31(43-46-49)28-16-29(32-20-50(47-44-32)35-11-14-41(56-8-2)62-38(35)23-59-26(5)53)18-30(17-28)33-21-51(48-45-33)36-12-15-42(57-9-3)63-39(36)24-60-27(6)54/h10-21,34-42H,7-9,22-24H2,1-6H3/t34-,35-,36-,37+,38+,39+,40-,41-,42-/m0/s1. The summed E-state index contributed by atoms with van der Waals surface area (Å²) in [6.07, 6.45) is 12.6. The SMILES string of the molecule is CCO[C@@H]1C=C[C@H](n2cc(-c3cc(-c4cn([C@H]5C=C[C@@H](OCC)O[C@@H]5COC(C)=O)nn4)cc(-c4cn([C@H]5C=C[C@@H](OCC)O[C@@H]5COC(C)=O)nn4)c3)nn2)[C@@H](COC(C)=O)O1. The Morgan fingerprint density at radius 3 is 1.03 bits per heavy atom. The second-order valence-corrected chi connectivity index (χ2v) is 14.6. The number of carbonyl (C=O) groups is 3. The summed E-state index contributed by atoms with van der Waals surface area (Å²) < 4.78 is 56.3. The third-order valence-electron chi connectivity index (χ3n) is 10.1. The molecule has 7 rings (SSSR count). The van der Waals surface area contributed by atoms with Crippen molar-refractivity contribution in [1.29, 1.82) is 0 Å². The average molecular weight is 874 g/mol. The molecule has 0 spiro atoms. The van der Waals surface area contributed by atoms with Crippen molar-refractivity contribution in [1.82, 2.24) is 45.0 Å². The van der Waals surface area contributed by atoms with Crippen LogP contribution in [-0.4, -0.2) is 140 Å². The van der Waals surface area contributed by atoms with E-state index in [-0.39, 0.29) is 19.8 Å². The van der Waals surface area contributed by atoms with Crippen molar-refractivity contribution < 1.29 is 57.0 Å². The van der Waals surface area contributed by atoms with Crippen LogP contribution in [0.4, 0.5) is 0 Å². The first kappa shape index (κ1) is 45.1. The molecular formula is C42H51N9O12. The van der Waals surface area contributed by atoms with Gasteiger partial charge in [0.25, 0.3) is 0 Å². The molecule has 0 N–H and O–H groups in total. The van der Waals surface area contributed by atoms with E-state index in [0.717, 1.165) is 0 Å². The van der Waals surface area contributed by atoms with Crippen LogP contribution in [0, 0.1) is 0 Å². The molecule has 0 radical (unpaired) electrons. The minimum Gasteiger partial charge on any atom is -0.463 e. The third kappa shape index (κ3) is 11.4. The highest BCUT2D eigenvalue weighted by atomic mass is 16.7. The van der Waals surface area contributed by atoms with E-state index in [1.54, 1.807) is 50.9 Å². The fraction of sp³-hybridized carbons (Fsp3) is 0.500.